The molecule has 3 N–H and O–H groups in total. The number of hydrogen-bond donors (Lipinski definition) is 3. The van der Waals surface area contributed by atoms with Gasteiger partial charge >= 0.3 is 5.97 Å². The first kappa shape index (κ1) is 21.0. The maximum Gasteiger partial charge on any atom is 0.316 e. The second-order valence-corrected chi connectivity index (χ2v) is 7.38. The molecule has 2 atom stereocenters. The Morgan fingerprint density at radius 1 is 0.833 bits per heavy atom. The van der Waals surface area contributed by atoms with Crippen LogP contribution in [0.1, 0.15) is 11.1 Å². The second-order valence-electron chi connectivity index (χ2n) is 7.38. The molecule has 0 radical (unpaired) electrons. The van der Waals surface area contributed by atoms with E-state index in [0.717, 1.165) is 22.5 Å². The van der Waals surface area contributed by atoms with Crippen molar-refractivity contribution in [2.24, 2.45) is 11.8 Å². The van der Waals surface area contributed by atoms with Gasteiger partial charge in [-0.05, 0) is 36.1 Å². The molecule has 8 heteroatoms. The normalized spacial score (nSPS) is 19.1. The smallest absolute Gasteiger partial charge is 0.316 e. The Hall–Kier alpha value is -3.68. The van der Waals surface area contributed by atoms with E-state index in [9.17, 15) is 19.2 Å². The fourth-order valence-corrected chi connectivity index (χ4v) is 3.42. The van der Waals surface area contributed by atoms with Gasteiger partial charge in [-0.15, -0.1) is 0 Å². The van der Waals surface area contributed by atoms with Crippen molar-refractivity contribution in [3.8, 4) is 0 Å². The number of carboxylic acids is 1. The number of amides is 3. The fourth-order valence-electron chi connectivity index (χ4n) is 3.42. The van der Waals surface area contributed by atoms with E-state index in [-0.39, 0.29) is 18.2 Å². The zero-order valence-electron chi connectivity index (χ0n) is 16.7. The molecule has 3 amide bonds. The van der Waals surface area contributed by atoms with Crippen molar-refractivity contribution >= 4 is 35.1 Å². The molecule has 0 saturated heterocycles. The van der Waals surface area contributed by atoms with Crippen LogP contribution in [-0.4, -0.2) is 47.8 Å². The van der Waals surface area contributed by atoms with Crippen LogP contribution in [-0.2, 0) is 32.0 Å². The Labute approximate surface area is 173 Å². The number of hydrogen-bond acceptors (Lipinski definition) is 4. The number of fused-ring (bicyclic) bond motifs is 2. The number of carbonyl (C=O) groups is 4. The quantitative estimate of drug-likeness (QED) is 0.654. The molecule has 2 aromatic carbocycles. The standard InChI is InChI=1S/C12H14N2O2.C10H9NO3/c1-14(2)12(16)9-7-8-5-3-4-6-10(8)13-11(9)15;12-9-7(10(13)14)5-6-3-1-2-4-8(6)11-9/h3-6,9H,7H2,1-2H3,(H,13,15);1-4,7H,5H2,(H,11,12)(H,13,14). The minimum absolute atomic E-state index is 0.146. The highest BCUT2D eigenvalue weighted by atomic mass is 16.4. The number of aliphatic carboxylic acids is 1. The average Bonchev–Trinajstić information content (AvgIpc) is 2.72. The SMILES string of the molecule is CN(C)C(=O)C1Cc2ccccc2NC1=O.O=C(O)C1Cc2ccccc2NC1=O. The van der Waals surface area contributed by atoms with Crippen molar-refractivity contribution in [2.75, 3.05) is 24.7 Å². The van der Waals surface area contributed by atoms with E-state index >= 15 is 0 Å². The average molecular weight is 409 g/mol. The number of nitrogens with zero attached hydrogens (tertiary/aromatic N) is 1. The van der Waals surface area contributed by atoms with E-state index in [0.29, 0.717) is 6.42 Å². The fraction of sp³-hybridized carbons (Fsp3) is 0.273. The lowest BCUT2D eigenvalue weighted by molar-refractivity contribution is -0.145. The van der Waals surface area contributed by atoms with Crippen molar-refractivity contribution in [3.63, 3.8) is 0 Å². The van der Waals surface area contributed by atoms with Crippen molar-refractivity contribution in [3.05, 3.63) is 59.7 Å². The topological polar surface area (TPSA) is 116 Å². The number of carboxylic acid groups (broad SMARTS) is 1. The molecule has 2 unspecified atom stereocenters. The van der Waals surface area contributed by atoms with Gasteiger partial charge in [0.25, 0.3) is 0 Å². The molecule has 4 rings (SSSR count). The lowest BCUT2D eigenvalue weighted by Crippen LogP contribution is -2.41. The van der Waals surface area contributed by atoms with E-state index < -0.39 is 23.7 Å². The summed E-state index contributed by atoms with van der Waals surface area (Å²) >= 11 is 0. The van der Waals surface area contributed by atoms with Crippen LogP contribution in [0, 0.1) is 11.8 Å². The van der Waals surface area contributed by atoms with Gasteiger partial charge in [-0.25, -0.2) is 0 Å². The Bertz CT molecular complexity index is 1000. The molecule has 0 aromatic heterocycles. The molecule has 0 bridgehead atoms. The minimum atomic E-state index is -1.07. The Morgan fingerprint density at radius 3 is 1.73 bits per heavy atom. The first-order valence-corrected chi connectivity index (χ1v) is 9.49. The second kappa shape index (κ2) is 8.77. The number of para-hydroxylation sites is 2. The van der Waals surface area contributed by atoms with Gasteiger partial charge in [0.15, 0.2) is 0 Å². The highest BCUT2D eigenvalue weighted by Crippen LogP contribution is 2.26. The van der Waals surface area contributed by atoms with E-state index in [2.05, 4.69) is 10.6 Å². The van der Waals surface area contributed by atoms with Crippen LogP contribution in [0.15, 0.2) is 48.5 Å². The molecule has 0 saturated carbocycles. The predicted molar refractivity (Wildman–Crippen MR) is 111 cm³/mol. The number of anilines is 2. The first-order chi connectivity index (χ1) is 14.3. The highest BCUT2D eigenvalue weighted by molar-refractivity contribution is 6.08. The van der Waals surface area contributed by atoms with Crippen LogP contribution < -0.4 is 10.6 Å². The van der Waals surface area contributed by atoms with Crippen LogP contribution >= 0.6 is 0 Å². The minimum Gasteiger partial charge on any atom is -0.481 e. The van der Waals surface area contributed by atoms with E-state index in [1.165, 1.54) is 4.90 Å². The van der Waals surface area contributed by atoms with E-state index in [4.69, 9.17) is 5.11 Å². The zero-order valence-corrected chi connectivity index (χ0v) is 16.7. The largest absolute Gasteiger partial charge is 0.481 e. The van der Waals surface area contributed by atoms with Gasteiger partial charge in [-0.2, -0.15) is 0 Å². The molecule has 8 nitrogen and oxygen atoms in total. The van der Waals surface area contributed by atoms with Crippen molar-refractivity contribution in [1.82, 2.24) is 4.90 Å². The van der Waals surface area contributed by atoms with E-state index in [1.807, 2.05) is 36.4 Å². The number of nitrogens with one attached hydrogen (secondary N) is 2. The summed E-state index contributed by atoms with van der Waals surface area (Å²) in [6.45, 7) is 0. The molecule has 2 aromatic rings. The van der Waals surface area contributed by atoms with Gasteiger partial charge in [0.05, 0.1) is 0 Å². The Morgan fingerprint density at radius 2 is 1.27 bits per heavy atom. The molecule has 2 aliphatic heterocycles. The van der Waals surface area contributed by atoms with E-state index in [1.54, 1.807) is 26.2 Å². The summed E-state index contributed by atoms with van der Waals surface area (Å²) < 4.78 is 0. The lowest BCUT2D eigenvalue weighted by Gasteiger charge is -2.25. The van der Waals surface area contributed by atoms with Gasteiger partial charge in [0.2, 0.25) is 17.7 Å². The zero-order chi connectivity index (χ0) is 21.8. The van der Waals surface area contributed by atoms with Crippen LogP contribution in [0.25, 0.3) is 0 Å². The first-order valence-electron chi connectivity index (χ1n) is 9.49. The third-order valence-corrected chi connectivity index (χ3v) is 5.07. The summed E-state index contributed by atoms with van der Waals surface area (Å²) in [6, 6.07) is 14.8. The molecule has 0 spiro atoms. The summed E-state index contributed by atoms with van der Waals surface area (Å²) in [4.78, 5) is 47.0. The molecule has 2 heterocycles. The molecule has 30 heavy (non-hydrogen) atoms. The monoisotopic (exact) mass is 409 g/mol. The van der Waals surface area contributed by atoms with Gasteiger partial charge in [0.1, 0.15) is 11.8 Å². The number of rotatable bonds is 2. The molecule has 0 aliphatic carbocycles. The molecule has 0 fully saturated rings. The third-order valence-electron chi connectivity index (χ3n) is 5.07. The molecular formula is C22H23N3O5. The Balaban J connectivity index is 0.000000172. The number of carbonyl (C=O) groups excluding carboxylic acids is 3. The molecule has 156 valence electrons. The third kappa shape index (κ3) is 4.48. The summed E-state index contributed by atoms with van der Waals surface area (Å²) in [5.74, 6) is -3.41. The van der Waals surface area contributed by atoms with Gasteiger partial charge in [0, 0.05) is 25.5 Å². The van der Waals surface area contributed by atoms with Crippen LogP contribution in [0.4, 0.5) is 11.4 Å². The van der Waals surface area contributed by atoms with Gasteiger partial charge in [-0.3, -0.25) is 19.2 Å². The maximum absolute atomic E-state index is 11.8. The highest BCUT2D eigenvalue weighted by Gasteiger charge is 2.33. The lowest BCUT2D eigenvalue weighted by atomic mass is 9.92. The molecular weight excluding hydrogens is 386 g/mol. The van der Waals surface area contributed by atoms with Crippen molar-refractivity contribution < 1.29 is 24.3 Å². The number of benzene rings is 2. The summed E-state index contributed by atoms with van der Waals surface area (Å²) in [6.07, 6.45) is 0.760. The summed E-state index contributed by atoms with van der Waals surface area (Å²) in [5.41, 5.74) is 3.42. The summed E-state index contributed by atoms with van der Waals surface area (Å²) in [5, 5.41) is 14.1. The van der Waals surface area contributed by atoms with Crippen LogP contribution in [0.5, 0.6) is 0 Å². The predicted octanol–water partition coefficient (Wildman–Crippen LogP) is 1.77. The summed E-state index contributed by atoms with van der Waals surface area (Å²) in [7, 11) is 3.33. The van der Waals surface area contributed by atoms with Crippen LogP contribution in [0.3, 0.4) is 0 Å². The van der Waals surface area contributed by atoms with Gasteiger partial charge < -0.3 is 20.6 Å². The van der Waals surface area contributed by atoms with Gasteiger partial charge in [-0.1, -0.05) is 36.4 Å². The Kier molecular flexibility index (Phi) is 6.15. The maximum atomic E-state index is 11.8. The van der Waals surface area contributed by atoms with Crippen LogP contribution in [0.2, 0.25) is 0 Å². The van der Waals surface area contributed by atoms with Crippen molar-refractivity contribution in [2.45, 2.75) is 12.8 Å². The van der Waals surface area contributed by atoms with Crippen molar-refractivity contribution in [1.29, 1.82) is 0 Å². The molecule has 2 aliphatic rings.